The molecule has 1 heterocycles. The molecule has 1 amide bonds. The number of fused-ring (bicyclic) bond motifs is 1. The van der Waals surface area contributed by atoms with Crippen LogP contribution in [0, 0.1) is 13.8 Å². The highest BCUT2D eigenvalue weighted by Crippen LogP contribution is 2.20. The number of para-hydroxylation sites is 1. The number of anilines is 1. The van der Waals surface area contributed by atoms with Gasteiger partial charge in [-0.25, -0.2) is 0 Å². The molecule has 0 unspecified atom stereocenters. The van der Waals surface area contributed by atoms with Gasteiger partial charge in [0.1, 0.15) is 0 Å². The van der Waals surface area contributed by atoms with Crippen LogP contribution in [0.5, 0.6) is 0 Å². The second kappa shape index (κ2) is 5.48. The van der Waals surface area contributed by atoms with Gasteiger partial charge in [-0.2, -0.15) is 0 Å². The lowest BCUT2D eigenvalue weighted by molar-refractivity contribution is 0.102. The zero-order valence-corrected chi connectivity index (χ0v) is 12.4. The normalized spacial score (nSPS) is 10.6. The first-order valence-electron chi connectivity index (χ1n) is 7.06. The van der Waals surface area contributed by atoms with Crippen LogP contribution in [0.1, 0.15) is 21.5 Å². The van der Waals surface area contributed by atoms with Crippen LogP contribution in [0.2, 0.25) is 0 Å². The summed E-state index contributed by atoms with van der Waals surface area (Å²) in [6.45, 7) is 3.95. The number of H-pyrrole nitrogens is 1. The molecule has 0 saturated carbocycles. The fraction of sp³-hybridized carbons (Fsp3) is 0.111. The third-order valence-electron chi connectivity index (χ3n) is 3.85. The van der Waals surface area contributed by atoms with E-state index in [1.54, 1.807) is 6.07 Å². The lowest BCUT2D eigenvalue weighted by Gasteiger charge is -2.11. The van der Waals surface area contributed by atoms with E-state index in [2.05, 4.69) is 10.3 Å². The number of pyridine rings is 1. The Morgan fingerprint density at radius 3 is 2.64 bits per heavy atom. The van der Waals surface area contributed by atoms with Gasteiger partial charge in [-0.05, 0) is 37.1 Å². The molecule has 0 saturated heterocycles. The smallest absolute Gasteiger partial charge is 0.256 e. The summed E-state index contributed by atoms with van der Waals surface area (Å²) < 4.78 is 0. The Morgan fingerprint density at radius 2 is 1.82 bits per heavy atom. The van der Waals surface area contributed by atoms with Crippen LogP contribution in [0.15, 0.2) is 53.3 Å². The molecule has 2 N–H and O–H groups in total. The molecular formula is C18H16N2O2. The molecule has 3 rings (SSSR count). The monoisotopic (exact) mass is 292 g/mol. The van der Waals surface area contributed by atoms with Gasteiger partial charge in [0.25, 0.3) is 5.91 Å². The number of amides is 1. The van der Waals surface area contributed by atoms with Gasteiger partial charge in [-0.15, -0.1) is 0 Å². The summed E-state index contributed by atoms with van der Waals surface area (Å²) in [5.41, 5.74) is 3.62. The second-order valence-corrected chi connectivity index (χ2v) is 5.29. The van der Waals surface area contributed by atoms with Gasteiger partial charge in [-0.1, -0.05) is 30.3 Å². The maximum absolute atomic E-state index is 12.6. The van der Waals surface area contributed by atoms with Crippen LogP contribution in [0.3, 0.4) is 0 Å². The minimum atomic E-state index is -0.287. The molecule has 0 spiro atoms. The Labute approximate surface area is 127 Å². The quantitative estimate of drug-likeness (QED) is 0.760. The van der Waals surface area contributed by atoms with Crippen LogP contribution >= 0.6 is 0 Å². The highest BCUT2D eigenvalue weighted by Gasteiger charge is 2.13. The van der Waals surface area contributed by atoms with Crippen LogP contribution in [0.25, 0.3) is 10.9 Å². The Hall–Kier alpha value is -2.88. The highest BCUT2D eigenvalue weighted by atomic mass is 16.2. The number of hydrogen-bond acceptors (Lipinski definition) is 2. The third kappa shape index (κ3) is 2.51. The summed E-state index contributed by atoms with van der Waals surface area (Å²) in [4.78, 5) is 27.1. The minimum absolute atomic E-state index is 0.281. The van der Waals surface area contributed by atoms with Crippen molar-refractivity contribution in [1.29, 1.82) is 0 Å². The molecule has 0 atom stereocenters. The van der Waals surface area contributed by atoms with E-state index in [1.807, 2.05) is 50.2 Å². The predicted octanol–water partition coefficient (Wildman–Crippen LogP) is 3.40. The van der Waals surface area contributed by atoms with Gasteiger partial charge < -0.3 is 10.3 Å². The van der Waals surface area contributed by atoms with Crippen molar-refractivity contribution in [3.63, 3.8) is 0 Å². The van der Waals surface area contributed by atoms with E-state index in [4.69, 9.17) is 0 Å². The number of aromatic nitrogens is 1. The zero-order valence-electron chi connectivity index (χ0n) is 12.4. The molecule has 0 radical (unpaired) electrons. The molecule has 0 fully saturated rings. The molecule has 0 aliphatic heterocycles. The number of carbonyl (C=O) groups excluding carboxylic acids is 1. The molecule has 1 aromatic heterocycles. The first-order valence-corrected chi connectivity index (χ1v) is 7.06. The molecule has 2 aromatic carbocycles. The van der Waals surface area contributed by atoms with Crippen molar-refractivity contribution < 1.29 is 4.79 Å². The first kappa shape index (κ1) is 14.1. The van der Waals surface area contributed by atoms with Crippen LogP contribution < -0.4 is 10.9 Å². The van der Waals surface area contributed by atoms with Crippen molar-refractivity contribution in [3.05, 3.63) is 75.6 Å². The van der Waals surface area contributed by atoms with E-state index >= 15 is 0 Å². The van der Waals surface area contributed by atoms with Gasteiger partial charge in [-0.3, -0.25) is 9.59 Å². The molecule has 4 nitrogen and oxygen atoms in total. The van der Waals surface area contributed by atoms with Crippen molar-refractivity contribution in [3.8, 4) is 0 Å². The maximum atomic E-state index is 12.6. The van der Waals surface area contributed by atoms with E-state index in [0.29, 0.717) is 11.1 Å². The summed E-state index contributed by atoms with van der Waals surface area (Å²) in [5, 5.41) is 3.62. The lowest BCUT2D eigenvalue weighted by Crippen LogP contribution is -2.17. The van der Waals surface area contributed by atoms with Gasteiger partial charge in [0.05, 0.1) is 5.56 Å². The van der Waals surface area contributed by atoms with E-state index in [0.717, 1.165) is 22.2 Å². The third-order valence-corrected chi connectivity index (χ3v) is 3.85. The molecule has 0 aliphatic rings. The number of hydrogen-bond donors (Lipinski definition) is 2. The second-order valence-electron chi connectivity index (χ2n) is 5.29. The van der Waals surface area contributed by atoms with Crippen molar-refractivity contribution in [1.82, 2.24) is 4.98 Å². The molecule has 3 aromatic rings. The summed E-state index contributed by atoms with van der Waals surface area (Å²) in [6, 6.07) is 14.4. The van der Waals surface area contributed by atoms with E-state index < -0.39 is 0 Å². The lowest BCUT2D eigenvalue weighted by atomic mass is 10.1. The Balaban J connectivity index is 2.06. The first-order chi connectivity index (χ1) is 10.6. The maximum Gasteiger partial charge on any atom is 0.256 e. The molecule has 0 aliphatic carbocycles. The molecule has 4 heteroatoms. The average Bonchev–Trinajstić information content (AvgIpc) is 2.51. The minimum Gasteiger partial charge on any atom is -0.322 e. The van der Waals surface area contributed by atoms with Crippen LogP contribution in [-0.2, 0) is 0 Å². The molecule has 110 valence electrons. The van der Waals surface area contributed by atoms with E-state index in [9.17, 15) is 9.59 Å². The van der Waals surface area contributed by atoms with E-state index in [1.165, 1.54) is 6.07 Å². The highest BCUT2D eigenvalue weighted by molar-refractivity contribution is 6.12. The SMILES string of the molecule is Cc1cccc(NC(=O)c2cc(=O)[nH]c3ccccc23)c1C. The molecule has 0 bridgehead atoms. The van der Waals surface area contributed by atoms with Crippen molar-refractivity contribution in [2.75, 3.05) is 5.32 Å². The van der Waals surface area contributed by atoms with Crippen molar-refractivity contribution >= 4 is 22.5 Å². The van der Waals surface area contributed by atoms with E-state index in [-0.39, 0.29) is 11.5 Å². The standard InChI is InChI=1S/C18H16N2O2/c1-11-6-5-9-15(12(11)2)20-18(22)14-10-17(21)19-16-8-4-3-7-13(14)16/h3-10H,1-2H3,(H,19,21)(H,20,22). The summed E-state index contributed by atoms with van der Waals surface area (Å²) in [5.74, 6) is -0.281. The Morgan fingerprint density at radius 1 is 1.05 bits per heavy atom. The molecular weight excluding hydrogens is 276 g/mol. The zero-order chi connectivity index (χ0) is 15.7. The summed E-state index contributed by atoms with van der Waals surface area (Å²) in [7, 11) is 0. The molecule has 22 heavy (non-hydrogen) atoms. The number of carbonyl (C=O) groups is 1. The van der Waals surface area contributed by atoms with Crippen molar-refractivity contribution in [2.24, 2.45) is 0 Å². The summed E-state index contributed by atoms with van der Waals surface area (Å²) in [6.07, 6.45) is 0. The predicted molar refractivity (Wildman–Crippen MR) is 88.4 cm³/mol. The number of benzene rings is 2. The summed E-state index contributed by atoms with van der Waals surface area (Å²) >= 11 is 0. The Bertz CT molecular complexity index is 926. The van der Waals surface area contributed by atoms with Gasteiger partial charge in [0.15, 0.2) is 0 Å². The topological polar surface area (TPSA) is 62.0 Å². The van der Waals surface area contributed by atoms with Gasteiger partial charge in [0, 0.05) is 22.7 Å². The largest absolute Gasteiger partial charge is 0.322 e. The van der Waals surface area contributed by atoms with Crippen LogP contribution in [-0.4, -0.2) is 10.9 Å². The fourth-order valence-electron chi connectivity index (χ4n) is 2.47. The number of aryl methyl sites for hydroxylation is 1. The fourth-order valence-corrected chi connectivity index (χ4v) is 2.47. The Kier molecular flexibility index (Phi) is 3.51. The average molecular weight is 292 g/mol. The van der Waals surface area contributed by atoms with Gasteiger partial charge >= 0.3 is 0 Å². The van der Waals surface area contributed by atoms with Gasteiger partial charge in [0.2, 0.25) is 5.56 Å². The number of rotatable bonds is 2. The van der Waals surface area contributed by atoms with Crippen LogP contribution in [0.4, 0.5) is 5.69 Å². The number of aromatic amines is 1. The number of nitrogens with one attached hydrogen (secondary N) is 2. The van der Waals surface area contributed by atoms with Crippen molar-refractivity contribution in [2.45, 2.75) is 13.8 Å².